The lowest BCUT2D eigenvalue weighted by molar-refractivity contribution is 0.0358. The average molecular weight is 212 g/mol. The van der Waals surface area contributed by atoms with E-state index in [1.165, 1.54) is 32.2 Å². The van der Waals surface area contributed by atoms with Crippen LogP contribution in [-0.2, 0) is 4.74 Å². The predicted molar refractivity (Wildman–Crippen MR) is 61.8 cm³/mol. The minimum absolute atomic E-state index is 0.245. The minimum Gasteiger partial charge on any atom is -0.376 e. The van der Waals surface area contributed by atoms with Crippen molar-refractivity contribution >= 4 is 0 Å². The predicted octanol–water partition coefficient (Wildman–Crippen LogP) is 1.22. The number of hydrogen-bond donors (Lipinski definition) is 1. The summed E-state index contributed by atoms with van der Waals surface area (Å²) in [7, 11) is 0. The van der Waals surface area contributed by atoms with Crippen molar-refractivity contribution in [3.8, 4) is 0 Å². The van der Waals surface area contributed by atoms with Gasteiger partial charge in [0.2, 0.25) is 0 Å². The van der Waals surface area contributed by atoms with E-state index in [0.29, 0.717) is 6.54 Å². The third-order valence-electron chi connectivity index (χ3n) is 3.36. The van der Waals surface area contributed by atoms with Crippen molar-refractivity contribution in [3.63, 3.8) is 0 Å². The van der Waals surface area contributed by atoms with Gasteiger partial charge in [-0.1, -0.05) is 0 Å². The monoisotopic (exact) mass is 212 g/mol. The smallest absolute Gasteiger partial charge is 0.0823 e. The van der Waals surface area contributed by atoms with Crippen LogP contribution < -0.4 is 5.73 Å². The van der Waals surface area contributed by atoms with Crippen LogP contribution in [0.25, 0.3) is 0 Å². The number of hydrogen-bond acceptors (Lipinski definition) is 3. The molecule has 2 rings (SSSR count). The van der Waals surface area contributed by atoms with Crippen molar-refractivity contribution in [2.45, 2.75) is 44.8 Å². The molecule has 0 heterocycles. The Bertz CT molecular complexity index is 190. The first-order chi connectivity index (χ1) is 7.33. The fourth-order valence-corrected chi connectivity index (χ4v) is 2.14. The van der Waals surface area contributed by atoms with Gasteiger partial charge in [0, 0.05) is 32.3 Å². The third-order valence-corrected chi connectivity index (χ3v) is 3.36. The lowest BCUT2D eigenvalue weighted by atomic mass is 10.2. The molecular weight excluding hydrogens is 188 g/mol. The number of ether oxygens (including phenoxy) is 1. The summed E-state index contributed by atoms with van der Waals surface area (Å²) in [5.41, 5.74) is 5.72. The highest BCUT2D eigenvalue weighted by Crippen LogP contribution is 2.34. The molecule has 2 fully saturated rings. The Morgan fingerprint density at radius 1 is 1.33 bits per heavy atom. The molecule has 0 bridgehead atoms. The molecule has 0 radical (unpaired) electrons. The standard InChI is InChI=1S/C12H24N2O/c1-2-15-12(7-13)9-14(11-5-6-11)8-10-3-4-10/h10-12H,2-9,13H2,1H3. The van der Waals surface area contributed by atoms with Crippen molar-refractivity contribution in [2.24, 2.45) is 11.7 Å². The molecule has 1 unspecified atom stereocenters. The van der Waals surface area contributed by atoms with Crippen molar-refractivity contribution in [1.29, 1.82) is 0 Å². The zero-order valence-corrected chi connectivity index (χ0v) is 9.82. The Labute approximate surface area is 93.0 Å². The molecule has 2 N–H and O–H groups in total. The van der Waals surface area contributed by atoms with E-state index in [1.54, 1.807) is 0 Å². The summed E-state index contributed by atoms with van der Waals surface area (Å²) in [5, 5.41) is 0. The van der Waals surface area contributed by atoms with E-state index in [9.17, 15) is 0 Å². The third kappa shape index (κ3) is 3.74. The highest BCUT2D eigenvalue weighted by atomic mass is 16.5. The maximum Gasteiger partial charge on any atom is 0.0823 e. The number of nitrogens with two attached hydrogens (primary N) is 1. The normalized spacial score (nSPS) is 23.4. The zero-order valence-electron chi connectivity index (χ0n) is 9.82. The van der Waals surface area contributed by atoms with E-state index in [-0.39, 0.29) is 6.10 Å². The molecule has 0 amide bonds. The summed E-state index contributed by atoms with van der Waals surface area (Å²) < 4.78 is 5.63. The molecule has 2 aliphatic rings. The van der Waals surface area contributed by atoms with Crippen LogP contribution in [0.2, 0.25) is 0 Å². The van der Waals surface area contributed by atoms with E-state index < -0.39 is 0 Å². The first-order valence-corrected chi connectivity index (χ1v) is 6.39. The summed E-state index contributed by atoms with van der Waals surface area (Å²) in [5.74, 6) is 0.977. The van der Waals surface area contributed by atoms with E-state index in [1.807, 2.05) is 6.92 Å². The highest BCUT2D eigenvalue weighted by Gasteiger charge is 2.34. The van der Waals surface area contributed by atoms with Gasteiger partial charge in [0.25, 0.3) is 0 Å². The van der Waals surface area contributed by atoms with E-state index >= 15 is 0 Å². The highest BCUT2D eigenvalue weighted by molar-refractivity contribution is 4.89. The summed E-state index contributed by atoms with van der Waals surface area (Å²) in [6, 6.07) is 0.847. The number of nitrogens with zero attached hydrogens (tertiary/aromatic N) is 1. The quantitative estimate of drug-likeness (QED) is 0.657. The van der Waals surface area contributed by atoms with Crippen LogP contribution in [0.5, 0.6) is 0 Å². The van der Waals surface area contributed by atoms with E-state index in [4.69, 9.17) is 10.5 Å². The van der Waals surface area contributed by atoms with Crippen molar-refractivity contribution < 1.29 is 4.74 Å². The Morgan fingerprint density at radius 3 is 2.53 bits per heavy atom. The van der Waals surface area contributed by atoms with Gasteiger partial charge >= 0.3 is 0 Å². The second kappa shape index (κ2) is 5.28. The summed E-state index contributed by atoms with van der Waals surface area (Å²) in [6.07, 6.45) is 5.89. The van der Waals surface area contributed by atoms with Crippen LogP contribution in [0.4, 0.5) is 0 Å². The molecule has 0 saturated heterocycles. The molecular formula is C12H24N2O. The molecule has 2 saturated carbocycles. The van der Waals surface area contributed by atoms with Gasteiger partial charge in [-0.25, -0.2) is 0 Å². The van der Waals surface area contributed by atoms with Crippen LogP contribution >= 0.6 is 0 Å². The topological polar surface area (TPSA) is 38.5 Å². The Balaban J connectivity index is 1.75. The van der Waals surface area contributed by atoms with Gasteiger partial charge in [0.1, 0.15) is 0 Å². The molecule has 0 aromatic carbocycles. The van der Waals surface area contributed by atoms with E-state index in [0.717, 1.165) is 25.1 Å². The molecule has 0 spiro atoms. The lowest BCUT2D eigenvalue weighted by Gasteiger charge is -2.26. The molecule has 3 heteroatoms. The zero-order chi connectivity index (χ0) is 10.7. The molecule has 0 aromatic rings. The average Bonchev–Trinajstić information content (AvgIpc) is 3.07. The van der Waals surface area contributed by atoms with Crippen molar-refractivity contribution in [1.82, 2.24) is 4.90 Å². The molecule has 0 aliphatic heterocycles. The maximum absolute atomic E-state index is 5.72. The molecule has 3 nitrogen and oxygen atoms in total. The second-order valence-electron chi connectivity index (χ2n) is 4.94. The maximum atomic E-state index is 5.72. The SMILES string of the molecule is CCOC(CN)CN(CC1CC1)C1CC1. The number of rotatable bonds is 8. The fourth-order valence-electron chi connectivity index (χ4n) is 2.14. The summed E-state index contributed by atoms with van der Waals surface area (Å²) in [4.78, 5) is 2.62. The second-order valence-corrected chi connectivity index (χ2v) is 4.94. The fraction of sp³-hybridized carbons (Fsp3) is 1.00. The van der Waals surface area contributed by atoms with Crippen molar-refractivity contribution in [2.75, 3.05) is 26.2 Å². The van der Waals surface area contributed by atoms with Gasteiger partial charge in [0.15, 0.2) is 0 Å². The summed E-state index contributed by atoms with van der Waals surface area (Å²) in [6.45, 7) is 5.82. The van der Waals surface area contributed by atoms with Crippen LogP contribution in [0.1, 0.15) is 32.6 Å². The molecule has 2 aliphatic carbocycles. The molecule has 15 heavy (non-hydrogen) atoms. The van der Waals surface area contributed by atoms with Gasteiger partial charge in [-0.3, -0.25) is 4.90 Å². The van der Waals surface area contributed by atoms with Crippen LogP contribution in [0.3, 0.4) is 0 Å². The Hall–Kier alpha value is -0.120. The first-order valence-electron chi connectivity index (χ1n) is 6.39. The van der Waals surface area contributed by atoms with Gasteiger partial charge in [-0.05, 0) is 38.5 Å². The molecule has 88 valence electrons. The largest absolute Gasteiger partial charge is 0.376 e. The van der Waals surface area contributed by atoms with Gasteiger partial charge in [-0.2, -0.15) is 0 Å². The minimum atomic E-state index is 0.245. The van der Waals surface area contributed by atoms with Crippen LogP contribution in [-0.4, -0.2) is 43.3 Å². The van der Waals surface area contributed by atoms with Gasteiger partial charge in [0.05, 0.1) is 6.10 Å². The summed E-state index contributed by atoms with van der Waals surface area (Å²) >= 11 is 0. The van der Waals surface area contributed by atoms with Crippen LogP contribution in [0.15, 0.2) is 0 Å². The first kappa shape index (κ1) is 11.4. The molecule has 1 atom stereocenters. The van der Waals surface area contributed by atoms with Crippen molar-refractivity contribution in [3.05, 3.63) is 0 Å². The van der Waals surface area contributed by atoms with E-state index in [2.05, 4.69) is 4.90 Å². The Morgan fingerprint density at radius 2 is 2.07 bits per heavy atom. The van der Waals surface area contributed by atoms with Gasteiger partial charge in [-0.15, -0.1) is 0 Å². The van der Waals surface area contributed by atoms with Gasteiger partial charge < -0.3 is 10.5 Å². The Kier molecular flexibility index (Phi) is 4.00. The lowest BCUT2D eigenvalue weighted by Crippen LogP contribution is -2.40. The van der Waals surface area contributed by atoms with Crippen LogP contribution in [0, 0.1) is 5.92 Å². The molecule has 0 aromatic heterocycles.